The van der Waals surface area contributed by atoms with Gasteiger partial charge in [-0.25, -0.2) is 0 Å². The summed E-state index contributed by atoms with van der Waals surface area (Å²) < 4.78 is 10.4. The number of aliphatic hydroxyl groups is 4. The zero-order chi connectivity index (χ0) is 55.2. The van der Waals surface area contributed by atoms with Crippen molar-refractivity contribution < 1.29 is 40.1 Å². The minimum atomic E-state index is -0.599. The second kappa shape index (κ2) is 30.8. The van der Waals surface area contributed by atoms with Crippen molar-refractivity contribution in [2.75, 3.05) is 82.7 Å². The van der Waals surface area contributed by atoms with Crippen LogP contribution in [0.5, 0.6) is 23.0 Å². The summed E-state index contributed by atoms with van der Waals surface area (Å²) >= 11 is 0. The highest BCUT2D eigenvalue weighted by atomic mass is 16.5. The zero-order valence-electron chi connectivity index (χ0n) is 47.9. The molecule has 4 fully saturated rings. The Morgan fingerprint density at radius 1 is 0.382 bits per heavy atom. The predicted octanol–water partition coefficient (Wildman–Crippen LogP) is 10.9. The van der Waals surface area contributed by atoms with Crippen molar-refractivity contribution in [3.8, 4) is 23.0 Å². The van der Waals surface area contributed by atoms with Crippen LogP contribution in [0.4, 0.5) is 0 Å². The van der Waals surface area contributed by atoms with Crippen LogP contribution in [0.3, 0.4) is 0 Å². The fourth-order valence-electron chi connectivity index (χ4n) is 12.7. The number of ether oxygens (including phenoxy) is 2. The fraction of sp³-hybridized carbons (Fsp3) is 0.625. The lowest BCUT2D eigenvalue weighted by Gasteiger charge is -2.40. The summed E-state index contributed by atoms with van der Waals surface area (Å²) in [4.78, 5) is 4.30. The standard InChI is InChI=1S/C17H27NO2.2C16H25NO2.C15H23NO2/c1-18(2)13-16(17(19)11-5-4-6-12-17)14-7-9-15(20-3)10-8-14;1-17-12-15(16(18)10-4-3-5-11-16)13-6-8-14(19-2)9-7-13;1-17(2)12-15(13-6-8-14(18)9-7-13)16(19)10-4-3-5-11-16;1-16-11-14(12-5-7-13(17)8-6-12)15(18)9-3-2-4-10-15/h7-10,16,19H,4-6,11-13H2,1-3H3;6-9,15,17-18H,3-5,10-12H2,1-2H3;6-9,15,18-19H,3-5,10-12H2,1-2H3;5-8,14,16-18H,2-4,9-11H2,1H3. The lowest BCUT2D eigenvalue weighted by Crippen LogP contribution is -2.42. The fourth-order valence-corrected chi connectivity index (χ4v) is 12.7. The Labute approximate surface area is 458 Å². The Morgan fingerprint density at radius 2 is 0.605 bits per heavy atom. The molecule has 4 unspecified atom stereocenters. The summed E-state index contributed by atoms with van der Waals surface area (Å²) in [6.45, 7) is 3.29. The number of hydrogen-bond donors (Lipinski definition) is 8. The number of aromatic hydroxyl groups is 2. The second-order valence-corrected chi connectivity index (χ2v) is 23.2. The molecule has 4 aromatic rings. The van der Waals surface area contributed by atoms with Gasteiger partial charge >= 0.3 is 0 Å². The Balaban J connectivity index is 0.000000187. The number of hydrogen-bond acceptors (Lipinski definition) is 12. The Bertz CT molecular complexity index is 2180. The van der Waals surface area contributed by atoms with Crippen molar-refractivity contribution in [1.82, 2.24) is 20.4 Å². The summed E-state index contributed by atoms with van der Waals surface area (Å²) in [6, 6.07) is 30.8. The first-order valence-corrected chi connectivity index (χ1v) is 28.8. The molecule has 0 bridgehead atoms. The molecular formula is C64H100N4O8. The maximum absolute atomic E-state index is 11.1. The molecule has 8 rings (SSSR count). The first-order valence-electron chi connectivity index (χ1n) is 28.8. The van der Waals surface area contributed by atoms with Crippen molar-refractivity contribution in [3.63, 3.8) is 0 Å². The van der Waals surface area contributed by atoms with Crippen LogP contribution < -0.4 is 20.1 Å². The Kier molecular flexibility index (Phi) is 25.4. The van der Waals surface area contributed by atoms with E-state index in [0.717, 1.165) is 152 Å². The first kappa shape index (κ1) is 62.6. The topological polar surface area (TPSA) is 170 Å². The molecule has 12 nitrogen and oxygen atoms in total. The molecule has 8 N–H and O–H groups in total. The minimum absolute atomic E-state index is 0.100. The van der Waals surface area contributed by atoms with E-state index in [1.54, 1.807) is 38.5 Å². The van der Waals surface area contributed by atoms with E-state index in [9.17, 15) is 30.6 Å². The molecule has 4 atom stereocenters. The normalized spacial score (nSPS) is 20.2. The van der Waals surface area contributed by atoms with Gasteiger partial charge in [0.25, 0.3) is 0 Å². The molecule has 4 aliphatic rings. The van der Waals surface area contributed by atoms with E-state index in [4.69, 9.17) is 9.47 Å². The first-order chi connectivity index (χ1) is 36.4. The monoisotopic (exact) mass is 1050 g/mol. The molecule has 0 heterocycles. The van der Waals surface area contributed by atoms with Crippen LogP contribution in [0.1, 0.15) is 174 Å². The van der Waals surface area contributed by atoms with Gasteiger partial charge in [-0.05, 0) is 164 Å². The quantitative estimate of drug-likeness (QED) is 0.0475. The molecule has 76 heavy (non-hydrogen) atoms. The average Bonchev–Trinajstić information content (AvgIpc) is 3.42. The van der Waals surface area contributed by atoms with Crippen molar-refractivity contribution in [2.24, 2.45) is 0 Å². The smallest absolute Gasteiger partial charge is 0.118 e. The molecule has 4 saturated carbocycles. The summed E-state index contributed by atoms with van der Waals surface area (Å²) in [5.74, 6) is 2.83. The molecule has 12 heteroatoms. The SMILES string of the molecule is CN(C)CC(c1ccc(O)cc1)C1(O)CCCCC1.CNCC(c1ccc(O)cc1)C1(O)CCCCC1.CNCC(c1ccc(OC)cc1)C1(O)CCCCC1.COc1ccc(C(CN(C)C)C2(O)CCCCC2)cc1. The molecule has 424 valence electrons. The maximum Gasteiger partial charge on any atom is 0.118 e. The highest BCUT2D eigenvalue weighted by molar-refractivity contribution is 5.34. The minimum Gasteiger partial charge on any atom is -0.508 e. The number of nitrogens with zero attached hydrogens (tertiary/aromatic N) is 2. The highest BCUT2D eigenvalue weighted by Gasteiger charge is 2.42. The number of benzene rings is 4. The molecule has 0 spiro atoms. The summed E-state index contributed by atoms with van der Waals surface area (Å²) in [5, 5.41) is 69.2. The van der Waals surface area contributed by atoms with Crippen molar-refractivity contribution in [1.29, 1.82) is 0 Å². The molecular weight excluding hydrogens is 953 g/mol. The molecule has 0 amide bonds. The van der Waals surface area contributed by atoms with Crippen LogP contribution in [-0.4, -0.2) is 146 Å². The molecule has 0 radical (unpaired) electrons. The van der Waals surface area contributed by atoms with Crippen LogP contribution in [0.25, 0.3) is 0 Å². The highest BCUT2D eigenvalue weighted by Crippen LogP contribution is 2.44. The van der Waals surface area contributed by atoms with E-state index in [-0.39, 0.29) is 35.2 Å². The summed E-state index contributed by atoms with van der Waals surface area (Å²) in [5.41, 5.74) is 2.32. The largest absolute Gasteiger partial charge is 0.508 e. The Morgan fingerprint density at radius 3 is 0.829 bits per heavy atom. The number of rotatable bonds is 18. The van der Waals surface area contributed by atoms with E-state index in [1.807, 2.05) is 76.7 Å². The van der Waals surface area contributed by atoms with Crippen molar-refractivity contribution >= 4 is 0 Å². The van der Waals surface area contributed by atoms with Gasteiger partial charge in [0.2, 0.25) is 0 Å². The van der Waals surface area contributed by atoms with Gasteiger partial charge in [-0.1, -0.05) is 126 Å². The van der Waals surface area contributed by atoms with Crippen LogP contribution >= 0.6 is 0 Å². The third-order valence-corrected chi connectivity index (χ3v) is 17.0. The van der Waals surface area contributed by atoms with E-state index >= 15 is 0 Å². The third kappa shape index (κ3) is 18.4. The number of nitrogens with one attached hydrogen (secondary N) is 2. The second-order valence-electron chi connectivity index (χ2n) is 23.2. The van der Waals surface area contributed by atoms with Crippen LogP contribution in [0.2, 0.25) is 0 Å². The van der Waals surface area contributed by atoms with Gasteiger partial charge in [-0.3, -0.25) is 0 Å². The van der Waals surface area contributed by atoms with E-state index < -0.39 is 22.4 Å². The van der Waals surface area contributed by atoms with Crippen LogP contribution in [-0.2, 0) is 0 Å². The number of phenols is 2. The summed E-state index contributed by atoms with van der Waals surface area (Å²) in [7, 11) is 15.4. The number of phenolic OH excluding ortho intramolecular Hbond substituents is 2. The number of likely N-dealkylation sites (N-methyl/N-ethyl adjacent to an activating group) is 4. The Hall–Kier alpha value is -4.24. The van der Waals surface area contributed by atoms with Gasteiger partial charge in [0.15, 0.2) is 0 Å². The van der Waals surface area contributed by atoms with Gasteiger partial charge in [-0.15, -0.1) is 0 Å². The zero-order valence-corrected chi connectivity index (χ0v) is 47.9. The lowest BCUT2D eigenvalue weighted by atomic mass is 9.72. The molecule has 0 aliphatic heterocycles. The summed E-state index contributed by atoms with van der Waals surface area (Å²) in [6.07, 6.45) is 21.1. The van der Waals surface area contributed by atoms with Crippen molar-refractivity contribution in [3.05, 3.63) is 119 Å². The molecule has 0 aromatic heterocycles. The predicted molar refractivity (Wildman–Crippen MR) is 310 cm³/mol. The maximum atomic E-state index is 11.1. The number of methoxy groups -OCH3 is 2. The van der Waals surface area contributed by atoms with Crippen molar-refractivity contribution in [2.45, 2.75) is 174 Å². The van der Waals surface area contributed by atoms with Gasteiger partial charge in [0.05, 0.1) is 36.6 Å². The van der Waals surface area contributed by atoms with E-state index in [2.05, 4.69) is 58.8 Å². The van der Waals surface area contributed by atoms with Gasteiger partial charge in [-0.2, -0.15) is 0 Å². The van der Waals surface area contributed by atoms with E-state index in [0.29, 0.717) is 0 Å². The van der Waals surface area contributed by atoms with Gasteiger partial charge < -0.3 is 60.5 Å². The lowest BCUT2D eigenvalue weighted by molar-refractivity contribution is -0.0280. The molecule has 0 saturated heterocycles. The van der Waals surface area contributed by atoms with E-state index in [1.165, 1.54) is 36.8 Å². The van der Waals surface area contributed by atoms with Gasteiger partial charge in [0, 0.05) is 49.9 Å². The van der Waals surface area contributed by atoms with Crippen LogP contribution in [0, 0.1) is 0 Å². The molecule has 4 aliphatic carbocycles. The third-order valence-electron chi connectivity index (χ3n) is 17.0. The average molecular weight is 1050 g/mol. The molecule has 4 aromatic carbocycles. The van der Waals surface area contributed by atoms with Gasteiger partial charge in [0.1, 0.15) is 23.0 Å². The van der Waals surface area contributed by atoms with Crippen LogP contribution in [0.15, 0.2) is 97.1 Å².